The highest BCUT2D eigenvalue weighted by atomic mass is 127. The molecule has 1 aromatic rings. The molecule has 5 nitrogen and oxygen atoms in total. The summed E-state index contributed by atoms with van der Waals surface area (Å²) in [7, 11) is -1.54. The van der Waals surface area contributed by atoms with Crippen LogP contribution in [0.5, 0.6) is 0 Å². The van der Waals surface area contributed by atoms with E-state index >= 15 is 0 Å². The van der Waals surface area contributed by atoms with Crippen molar-refractivity contribution in [2.24, 2.45) is 10.9 Å². The lowest BCUT2D eigenvalue weighted by Crippen LogP contribution is -2.50. The minimum Gasteiger partial charge on any atom is -0.352 e. The van der Waals surface area contributed by atoms with Gasteiger partial charge in [0.05, 0.1) is 10.6 Å². The number of hydrogen-bond donors (Lipinski definition) is 1. The molecule has 1 N–H and O–H groups in total. The van der Waals surface area contributed by atoms with Crippen molar-refractivity contribution in [3.05, 3.63) is 30.3 Å². The fourth-order valence-electron chi connectivity index (χ4n) is 3.11. The number of nitrogens with one attached hydrogen (secondary N) is 1. The van der Waals surface area contributed by atoms with E-state index in [9.17, 15) is 8.42 Å². The molecule has 0 aliphatic carbocycles. The van der Waals surface area contributed by atoms with E-state index in [2.05, 4.69) is 22.1 Å². The molecule has 0 amide bonds. The number of halogens is 1. The van der Waals surface area contributed by atoms with E-state index in [4.69, 9.17) is 0 Å². The van der Waals surface area contributed by atoms with Crippen LogP contribution in [0.1, 0.15) is 33.1 Å². The molecule has 2 atom stereocenters. The lowest BCUT2D eigenvalue weighted by Gasteiger charge is -2.35. The number of aliphatic imine (C=N–C) groups is 1. The van der Waals surface area contributed by atoms with Crippen molar-refractivity contribution in [2.75, 3.05) is 25.9 Å². The molecule has 0 bridgehead atoms. The van der Waals surface area contributed by atoms with Gasteiger partial charge in [0.25, 0.3) is 0 Å². The van der Waals surface area contributed by atoms with Crippen molar-refractivity contribution in [1.29, 1.82) is 0 Å². The summed E-state index contributed by atoms with van der Waals surface area (Å²) in [6.07, 6.45) is 3.13. The molecule has 0 saturated carbocycles. The van der Waals surface area contributed by atoms with Gasteiger partial charge in [-0.3, -0.25) is 4.99 Å². The first kappa shape index (κ1) is 22.2. The number of hydrogen-bond acceptors (Lipinski definition) is 3. The number of benzene rings is 1. The zero-order chi connectivity index (χ0) is 17.6. The van der Waals surface area contributed by atoms with Gasteiger partial charge in [-0.1, -0.05) is 32.0 Å². The lowest BCUT2D eigenvalue weighted by atomic mass is 10.0. The first-order chi connectivity index (χ1) is 11.5. The second-order valence-electron chi connectivity index (χ2n) is 6.58. The fraction of sp³-hybridized carbons (Fsp3) is 0.611. The molecule has 1 aliphatic rings. The van der Waals surface area contributed by atoms with E-state index in [1.807, 2.05) is 13.0 Å². The van der Waals surface area contributed by atoms with Crippen LogP contribution in [0.25, 0.3) is 0 Å². The van der Waals surface area contributed by atoms with Crippen molar-refractivity contribution >= 4 is 39.8 Å². The molecule has 1 saturated heterocycles. The number of guanidine groups is 1. The van der Waals surface area contributed by atoms with E-state index in [0.717, 1.165) is 31.9 Å². The van der Waals surface area contributed by atoms with Gasteiger partial charge in [0.2, 0.25) is 0 Å². The number of sulfone groups is 1. The average molecular weight is 479 g/mol. The maximum absolute atomic E-state index is 12.6. The van der Waals surface area contributed by atoms with Gasteiger partial charge in [-0.25, -0.2) is 8.42 Å². The minimum absolute atomic E-state index is 0. The Hall–Kier alpha value is -0.830. The molecular formula is C18H30IN3O2S. The second-order valence-corrected chi connectivity index (χ2v) is 8.62. The van der Waals surface area contributed by atoms with Crippen molar-refractivity contribution in [1.82, 2.24) is 10.2 Å². The molecule has 1 heterocycles. The van der Waals surface area contributed by atoms with E-state index < -0.39 is 9.84 Å². The Kier molecular flexibility index (Phi) is 9.20. The van der Waals surface area contributed by atoms with Crippen LogP contribution in [0, 0.1) is 5.92 Å². The largest absolute Gasteiger partial charge is 0.352 e. The summed E-state index contributed by atoms with van der Waals surface area (Å²) >= 11 is 0. The van der Waals surface area contributed by atoms with Gasteiger partial charge in [0.1, 0.15) is 0 Å². The first-order valence-electron chi connectivity index (χ1n) is 8.72. The SMILES string of the molecule is CCC(CS(=O)(=O)c1ccccc1)NC(=NC)N1CCCC(C)C1.I. The highest BCUT2D eigenvalue weighted by Gasteiger charge is 2.24. The molecule has 1 fully saturated rings. The van der Waals surface area contributed by atoms with Crippen molar-refractivity contribution in [3.8, 4) is 0 Å². The lowest BCUT2D eigenvalue weighted by molar-refractivity contribution is 0.264. The summed E-state index contributed by atoms with van der Waals surface area (Å²) in [5.41, 5.74) is 0. The summed E-state index contributed by atoms with van der Waals surface area (Å²) in [6.45, 7) is 6.20. The maximum Gasteiger partial charge on any atom is 0.193 e. The van der Waals surface area contributed by atoms with Crippen LogP contribution < -0.4 is 5.32 Å². The maximum atomic E-state index is 12.6. The predicted molar refractivity (Wildman–Crippen MR) is 114 cm³/mol. The minimum atomic E-state index is -3.30. The molecule has 0 aromatic heterocycles. The van der Waals surface area contributed by atoms with Crippen LogP contribution in [0.15, 0.2) is 40.2 Å². The molecule has 0 radical (unpaired) electrons. The smallest absolute Gasteiger partial charge is 0.193 e. The van der Waals surface area contributed by atoms with Crippen LogP contribution in [-0.4, -0.2) is 51.2 Å². The molecule has 7 heteroatoms. The summed E-state index contributed by atoms with van der Waals surface area (Å²) < 4.78 is 25.2. The standard InChI is InChI=1S/C18H29N3O2S.HI/c1-4-16(14-24(22,23)17-10-6-5-7-11-17)20-18(19-3)21-12-8-9-15(2)13-21;/h5-7,10-11,15-16H,4,8-9,12-14H2,1-3H3,(H,19,20);1H. The normalized spacial score (nSPS) is 19.9. The van der Waals surface area contributed by atoms with Crippen LogP contribution in [-0.2, 0) is 9.84 Å². The zero-order valence-corrected chi connectivity index (χ0v) is 18.5. The zero-order valence-electron chi connectivity index (χ0n) is 15.3. The Morgan fingerprint density at radius 2 is 2.04 bits per heavy atom. The van der Waals surface area contributed by atoms with Crippen molar-refractivity contribution < 1.29 is 8.42 Å². The van der Waals surface area contributed by atoms with Crippen molar-refractivity contribution in [3.63, 3.8) is 0 Å². The van der Waals surface area contributed by atoms with Crippen molar-refractivity contribution in [2.45, 2.75) is 44.0 Å². The Balaban J connectivity index is 0.00000312. The van der Waals surface area contributed by atoms with Crippen LogP contribution >= 0.6 is 24.0 Å². The highest BCUT2D eigenvalue weighted by molar-refractivity contribution is 14.0. The van der Waals surface area contributed by atoms with E-state index in [-0.39, 0.29) is 35.8 Å². The average Bonchev–Trinajstić information content (AvgIpc) is 2.59. The summed E-state index contributed by atoms with van der Waals surface area (Å²) in [6, 6.07) is 8.51. The number of piperidine rings is 1. The molecule has 142 valence electrons. The number of likely N-dealkylation sites (tertiary alicyclic amines) is 1. The first-order valence-corrected chi connectivity index (χ1v) is 10.4. The van der Waals surface area contributed by atoms with Crippen LogP contribution in [0.3, 0.4) is 0 Å². The van der Waals surface area contributed by atoms with Gasteiger partial charge in [-0.05, 0) is 37.3 Å². The quantitative estimate of drug-likeness (QED) is 0.401. The fourth-order valence-corrected chi connectivity index (χ4v) is 4.73. The van der Waals surface area contributed by atoms with Gasteiger partial charge in [0, 0.05) is 26.2 Å². The second kappa shape index (κ2) is 10.4. The third kappa shape index (κ3) is 6.44. The monoisotopic (exact) mass is 479 g/mol. The topological polar surface area (TPSA) is 61.8 Å². The van der Waals surface area contributed by atoms with E-state index in [0.29, 0.717) is 10.8 Å². The molecule has 2 unspecified atom stereocenters. The molecule has 2 rings (SSSR count). The summed E-state index contributed by atoms with van der Waals surface area (Å²) in [5, 5.41) is 3.37. The van der Waals surface area contributed by atoms with Crippen LogP contribution in [0.4, 0.5) is 0 Å². The third-order valence-electron chi connectivity index (χ3n) is 4.52. The summed E-state index contributed by atoms with van der Waals surface area (Å²) in [5.74, 6) is 1.54. The van der Waals surface area contributed by atoms with E-state index in [1.165, 1.54) is 6.42 Å². The Bertz CT molecular complexity index is 650. The van der Waals surface area contributed by atoms with Crippen LogP contribution in [0.2, 0.25) is 0 Å². The molecular weight excluding hydrogens is 449 g/mol. The van der Waals surface area contributed by atoms with E-state index in [1.54, 1.807) is 31.3 Å². The molecule has 1 aliphatic heterocycles. The Labute approximate surface area is 169 Å². The number of nitrogens with zero attached hydrogens (tertiary/aromatic N) is 2. The molecule has 1 aromatic carbocycles. The third-order valence-corrected chi connectivity index (χ3v) is 6.35. The van der Waals surface area contributed by atoms with Gasteiger partial charge in [0.15, 0.2) is 15.8 Å². The molecule has 0 spiro atoms. The van der Waals surface area contributed by atoms with Gasteiger partial charge >= 0.3 is 0 Å². The summed E-state index contributed by atoms with van der Waals surface area (Å²) in [4.78, 5) is 7.00. The van der Waals surface area contributed by atoms with Gasteiger partial charge in [-0.2, -0.15) is 0 Å². The van der Waals surface area contributed by atoms with Gasteiger partial charge in [-0.15, -0.1) is 24.0 Å². The number of rotatable bonds is 5. The molecule has 25 heavy (non-hydrogen) atoms. The van der Waals surface area contributed by atoms with Gasteiger partial charge < -0.3 is 10.2 Å². The highest BCUT2D eigenvalue weighted by Crippen LogP contribution is 2.16. The Morgan fingerprint density at radius 1 is 1.36 bits per heavy atom. The Morgan fingerprint density at radius 3 is 2.60 bits per heavy atom. The predicted octanol–water partition coefficient (Wildman–Crippen LogP) is 3.16.